The highest BCUT2D eigenvalue weighted by Gasteiger charge is 2.18. The number of furan rings is 1. The van der Waals surface area contributed by atoms with Gasteiger partial charge in [-0.25, -0.2) is 0 Å². The number of nitrogens with zero attached hydrogens (tertiary/aromatic N) is 1. The lowest BCUT2D eigenvalue weighted by Crippen LogP contribution is -2.34. The van der Waals surface area contributed by atoms with Crippen LogP contribution in [0, 0.1) is 15.9 Å². The zero-order chi connectivity index (χ0) is 16.1. The second-order valence-corrected chi connectivity index (χ2v) is 4.14. The number of rotatable bonds is 4. The molecule has 0 aliphatic carbocycles. The number of carbonyl (C=O) groups is 2. The van der Waals surface area contributed by atoms with E-state index in [0.717, 1.165) is 18.2 Å². The quantitative estimate of drug-likeness (QED) is 0.505. The molecule has 0 unspecified atom stereocenters. The van der Waals surface area contributed by atoms with Crippen molar-refractivity contribution in [2.45, 2.75) is 6.54 Å². The molecule has 2 amide bonds. The van der Waals surface area contributed by atoms with E-state index in [1.807, 2.05) is 0 Å². The van der Waals surface area contributed by atoms with Crippen LogP contribution in [-0.2, 0) is 16.1 Å². The maximum atomic E-state index is 13.2. The number of benzene rings is 1. The van der Waals surface area contributed by atoms with Gasteiger partial charge in [-0.3, -0.25) is 19.7 Å². The summed E-state index contributed by atoms with van der Waals surface area (Å²) in [4.78, 5) is 32.8. The van der Waals surface area contributed by atoms with Gasteiger partial charge in [0.1, 0.15) is 5.76 Å². The van der Waals surface area contributed by atoms with Crippen LogP contribution in [0.2, 0.25) is 0 Å². The molecule has 0 spiro atoms. The highest BCUT2D eigenvalue weighted by atomic mass is 19.1. The number of nitrogens with one attached hydrogen (secondary N) is 2. The van der Waals surface area contributed by atoms with E-state index in [9.17, 15) is 24.1 Å². The number of nitro groups is 1. The molecule has 0 atom stereocenters. The third-order valence-electron chi connectivity index (χ3n) is 2.61. The van der Waals surface area contributed by atoms with Gasteiger partial charge < -0.3 is 15.1 Å². The summed E-state index contributed by atoms with van der Waals surface area (Å²) in [5.41, 5.74) is -0.861. The van der Waals surface area contributed by atoms with Crippen LogP contribution < -0.4 is 10.6 Å². The van der Waals surface area contributed by atoms with Crippen LogP contribution in [-0.4, -0.2) is 16.7 Å². The molecule has 1 aromatic carbocycles. The number of carbonyl (C=O) groups excluding carboxylic acids is 2. The summed E-state index contributed by atoms with van der Waals surface area (Å²) in [6.07, 6.45) is 1.42. The smallest absolute Gasteiger partial charge is 0.313 e. The van der Waals surface area contributed by atoms with Gasteiger partial charge in [0.15, 0.2) is 0 Å². The van der Waals surface area contributed by atoms with Gasteiger partial charge in [0.25, 0.3) is 0 Å². The number of amides is 2. The van der Waals surface area contributed by atoms with Gasteiger partial charge in [-0.2, -0.15) is 4.39 Å². The highest BCUT2D eigenvalue weighted by molar-refractivity contribution is 6.39. The van der Waals surface area contributed by atoms with Gasteiger partial charge in [0.05, 0.1) is 17.7 Å². The largest absolute Gasteiger partial charge is 0.467 e. The minimum Gasteiger partial charge on any atom is -0.467 e. The molecule has 2 rings (SSSR count). The SMILES string of the molecule is O=C(NCc1ccco1)C(=O)Nc1ccc(F)c([N+](=O)[O-])c1. The Morgan fingerprint density at radius 3 is 2.68 bits per heavy atom. The van der Waals surface area contributed by atoms with Crippen LogP contribution in [0.3, 0.4) is 0 Å². The zero-order valence-corrected chi connectivity index (χ0v) is 11.0. The Labute approximate surface area is 123 Å². The van der Waals surface area contributed by atoms with Gasteiger partial charge in [0, 0.05) is 11.8 Å². The second-order valence-electron chi connectivity index (χ2n) is 4.14. The minimum atomic E-state index is -1.04. The molecular formula is C13H10FN3O5. The summed E-state index contributed by atoms with van der Waals surface area (Å²) in [6, 6.07) is 6.00. The number of halogens is 1. The second kappa shape index (κ2) is 6.48. The molecular weight excluding hydrogens is 297 g/mol. The first-order chi connectivity index (χ1) is 10.5. The van der Waals surface area contributed by atoms with Crippen molar-refractivity contribution >= 4 is 23.2 Å². The van der Waals surface area contributed by atoms with Crippen molar-refractivity contribution in [3.63, 3.8) is 0 Å². The van der Waals surface area contributed by atoms with Crippen molar-refractivity contribution in [2.75, 3.05) is 5.32 Å². The number of anilines is 1. The molecule has 2 aromatic rings. The fourth-order valence-electron chi connectivity index (χ4n) is 1.58. The first kappa shape index (κ1) is 15.2. The number of hydrogen-bond acceptors (Lipinski definition) is 5. The summed E-state index contributed by atoms with van der Waals surface area (Å²) in [7, 11) is 0. The van der Waals surface area contributed by atoms with E-state index in [-0.39, 0.29) is 12.2 Å². The van der Waals surface area contributed by atoms with Gasteiger partial charge in [-0.15, -0.1) is 0 Å². The van der Waals surface area contributed by atoms with Crippen LogP contribution in [0.15, 0.2) is 41.0 Å². The third-order valence-corrected chi connectivity index (χ3v) is 2.61. The van der Waals surface area contributed by atoms with Gasteiger partial charge in [-0.1, -0.05) is 0 Å². The number of hydrogen-bond donors (Lipinski definition) is 2. The Balaban J connectivity index is 1.97. The average Bonchev–Trinajstić information content (AvgIpc) is 2.99. The van der Waals surface area contributed by atoms with E-state index < -0.39 is 28.2 Å². The Bertz CT molecular complexity index is 714. The molecule has 0 saturated heterocycles. The molecule has 0 bridgehead atoms. The van der Waals surface area contributed by atoms with E-state index in [4.69, 9.17) is 4.42 Å². The Morgan fingerprint density at radius 2 is 2.05 bits per heavy atom. The van der Waals surface area contributed by atoms with Crippen molar-refractivity contribution in [2.24, 2.45) is 0 Å². The number of nitro benzene ring substituents is 1. The molecule has 0 fully saturated rings. The summed E-state index contributed by atoms with van der Waals surface area (Å²) in [5.74, 6) is -2.57. The molecule has 22 heavy (non-hydrogen) atoms. The van der Waals surface area contributed by atoms with E-state index in [0.29, 0.717) is 5.76 Å². The Kier molecular flexibility index (Phi) is 4.47. The van der Waals surface area contributed by atoms with Crippen LogP contribution >= 0.6 is 0 Å². The van der Waals surface area contributed by atoms with Crippen molar-refractivity contribution in [1.82, 2.24) is 5.32 Å². The van der Waals surface area contributed by atoms with Gasteiger partial charge in [0.2, 0.25) is 5.82 Å². The molecule has 114 valence electrons. The van der Waals surface area contributed by atoms with E-state index in [1.165, 1.54) is 6.26 Å². The highest BCUT2D eigenvalue weighted by Crippen LogP contribution is 2.21. The fraction of sp³-hybridized carbons (Fsp3) is 0.0769. The van der Waals surface area contributed by atoms with Gasteiger partial charge >= 0.3 is 17.5 Å². The minimum absolute atomic E-state index is 0.0167. The molecule has 0 radical (unpaired) electrons. The molecule has 0 aliphatic heterocycles. The van der Waals surface area contributed by atoms with E-state index in [1.54, 1.807) is 12.1 Å². The first-order valence-corrected chi connectivity index (χ1v) is 6.03. The molecule has 2 N–H and O–H groups in total. The monoisotopic (exact) mass is 307 g/mol. The summed E-state index contributed by atoms with van der Waals surface area (Å²) in [6.45, 7) is 0.0167. The van der Waals surface area contributed by atoms with Gasteiger partial charge in [-0.05, 0) is 24.3 Å². The molecule has 1 heterocycles. The Morgan fingerprint density at radius 1 is 1.27 bits per heavy atom. The van der Waals surface area contributed by atoms with Crippen molar-refractivity contribution in [3.05, 3.63) is 58.3 Å². The Hall–Kier alpha value is -3.23. The standard InChI is InChI=1S/C13H10FN3O5/c14-10-4-3-8(6-11(10)17(20)21)16-13(19)12(18)15-7-9-2-1-5-22-9/h1-6H,7H2,(H,15,18)(H,16,19). The van der Waals surface area contributed by atoms with Crippen molar-refractivity contribution < 1.29 is 23.3 Å². The molecule has 9 heteroatoms. The predicted octanol–water partition coefficient (Wildman–Crippen LogP) is 1.58. The normalized spacial score (nSPS) is 10.0. The third kappa shape index (κ3) is 3.66. The predicted molar refractivity (Wildman–Crippen MR) is 72.2 cm³/mol. The first-order valence-electron chi connectivity index (χ1n) is 6.03. The maximum absolute atomic E-state index is 13.2. The lowest BCUT2D eigenvalue weighted by atomic mass is 10.2. The van der Waals surface area contributed by atoms with Crippen LogP contribution in [0.25, 0.3) is 0 Å². The zero-order valence-electron chi connectivity index (χ0n) is 11.0. The molecule has 8 nitrogen and oxygen atoms in total. The van der Waals surface area contributed by atoms with E-state index in [2.05, 4.69) is 10.6 Å². The molecule has 0 saturated carbocycles. The summed E-state index contributed by atoms with van der Waals surface area (Å²) < 4.78 is 18.1. The van der Waals surface area contributed by atoms with Crippen LogP contribution in [0.4, 0.5) is 15.8 Å². The van der Waals surface area contributed by atoms with E-state index >= 15 is 0 Å². The maximum Gasteiger partial charge on any atom is 0.313 e. The lowest BCUT2D eigenvalue weighted by Gasteiger charge is -2.05. The van der Waals surface area contributed by atoms with Crippen LogP contribution in [0.1, 0.15) is 5.76 Å². The summed E-state index contributed by atoms with van der Waals surface area (Å²) in [5, 5.41) is 15.0. The summed E-state index contributed by atoms with van der Waals surface area (Å²) >= 11 is 0. The lowest BCUT2D eigenvalue weighted by molar-refractivity contribution is -0.387. The molecule has 1 aromatic heterocycles. The van der Waals surface area contributed by atoms with Crippen molar-refractivity contribution in [1.29, 1.82) is 0 Å². The average molecular weight is 307 g/mol. The topological polar surface area (TPSA) is 114 Å². The van der Waals surface area contributed by atoms with Crippen molar-refractivity contribution in [3.8, 4) is 0 Å². The van der Waals surface area contributed by atoms with Crippen LogP contribution in [0.5, 0.6) is 0 Å². The molecule has 0 aliphatic rings. The fourth-order valence-corrected chi connectivity index (χ4v) is 1.58.